The molecular formula is C15H23NO4S2. The van der Waals surface area contributed by atoms with Crippen molar-refractivity contribution in [2.75, 3.05) is 17.8 Å². The van der Waals surface area contributed by atoms with Gasteiger partial charge in [-0.15, -0.1) is 0 Å². The fraction of sp³-hybridized carbons (Fsp3) is 0.533. The van der Waals surface area contributed by atoms with E-state index in [1.165, 1.54) is 0 Å². The van der Waals surface area contributed by atoms with Gasteiger partial charge in [0.2, 0.25) is 5.91 Å². The number of carbonyl (C=O) groups is 1. The van der Waals surface area contributed by atoms with Crippen molar-refractivity contribution >= 4 is 28.4 Å². The molecule has 0 aliphatic rings. The molecule has 0 bridgehead atoms. The summed E-state index contributed by atoms with van der Waals surface area (Å²) in [5.74, 6) is -0.238. The van der Waals surface area contributed by atoms with Gasteiger partial charge in [-0.05, 0) is 24.8 Å². The zero-order chi connectivity index (χ0) is 16.6. The van der Waals surface area contributed by atoms with Gasteiger partial charge >= 0.3 is 0 Å². The average molecular weight is 345 g/mol. The van der Waals surface area contributed by atoms with Gasteiger partial charge in [0.05, 0.1) is 11.7 Å². The number of hydrogen-bond donors (Lipinski definition) is 3. The van der Waals surface area contributed by atoms with Crippen LogP contribution >= 0.6 is 12.6 Å². The van der Waals surface area contributed by atoms with E-state index in [-0.39, 0.29) is 24.0 Å². The van der Waals surface area contributed by atoms with Gasteiger partial charge in [-0.3, -0.25) is 4.79 Å². The van der Waals surface area contributed by atoms with Crippen molar-refractivity contribution < 1.29 is 18.3 Å². The SMILES string of the molecule is CS(=O)(=O)CCCC(O)NC(=O)C(CS)Cc1ccccc1. The first-order valence-electron chi connectivity index (χ1n) is 7.13. The van der Waals surface area contributed by atoms with Crippen LogP contribution in [0, 0.1) is 5.92 Å². The Morgan fingerprint density at radius 3 is 2.50 bits per heavy atom. The second-order valence-electron chi connectivity index (χ2n) is 5.37. The van der Waals surface area contributed by atoms with Gasteiger partial charge in [-0.25, -0.2) is 8.42 Å². The highest BCUT2D eigenvalue weighted by molar-refractivity contribution is 7.90. The summed E-state index contributed by atoms with van der Waals surface area (Å²) in [6.45, 7) is 0. The maximum absolute atomic E-state index is 12.1. The summed E-state index contributed by atoms with van der Waals surface area (Å²) < 4.78 is 22.0. The second-order valence-corrected chi connectivity index (χ2v) is 7.99. The highest BCUT2D eigenvalue weighted by atomic mass is 32.2. The van der Waals surface area contributed by atoms with Gasteiger partial charge in [0.25, 0.3) is 0 Å². The van der Waals surface area contributed by atoms with Crippen LogP contribution < -0.4 is 5.32 Å². The summed E-state index contributed by atoms with van der Waals surface area (Å²) in [5, 5.41) is 12.3. The molecule has 1 amide bonds. The number of carbonyl (C=O) groups excluding carboxylic acids is 1. The van der Waals surface area contributed by atoms with E-state index in [9.17, 15) is 18.3 Å². The molecular weight excluding hydrogens is 322 g/mol. The molecule has 2 N–H and O–H groups in total. The fourth-order valence-electron chi connectivity index (χ4n) is 2.03. The van der Waals surface area contributed by atoms with Crippen LogP contribution in [0.5, 0.6) is 0 Å². The van der Waals surface area contributed by atoms with E-state index < -0.39 is 16.1 Å². The van der Waals surface area contributed by atoms with Crippen LogP contribution in [0.3, 0.4) is 0 Å². The second kappa shape index (κ2) is 9.17. The van der Waals surface area contributed by atoms with E-state index >= 15 is 0 Å². The molecule has 0 saturated carbocycles. The van der Waals surface area contributed by atoms with Crippen molar-refractivity contribution in [3.63, 3.8) is 0 Å². The summed E-state index contributed by atoms with van der Waals surface area (Å²) in [5.41, 5.74) is 1.03. The van der Waals surface area contributed by atoms with Crippen LogP contribution in [-0.4, -0.2) is 43.4 Å². The third-order valence-electron chi connectivity index (χ3n) is 3.22. The molecule has 2 unspecified atom stereocenters. The Balaban J connectivity index is 2.44. The molecule has 1 rings (SSSR count). The third-order valence-corrected chi connectivity index (χ3v) is 4.69. The normalized spacial score (nSPS) is 14.3. The van der Waals surface area contributed by atoms with Gasteiger partial charge < -0.3 is 10.4 Å². The maximum atomic E-state index is 12.1. The van der Waals surface area contributed by atoms with Crippen LogP contribution in [0.4, 0.5) is 0 Å². The Bertz CT molecular complexity index is 560. The lowest BCUT2D eigenvalue weighted by Gasteiger charge is -2.18. The number of nitrogens with one attached hydrogen (secondary N) is 1. The van der Waals surface area contributed by atoms with Gasteiger partial charge in [0.1, 0.15) is 16.1 Å². The Morgan fingerprint density at radius 1 is 1.32 bits per heavy atom. The lowest BCUT2D eigenvalue weighted by atomic mass is 10.00. The van der Waals surface area contributed by atoms with Gasteiger partial charge in [-0.1, -0.05) is 30.3 Å². The van der Waals surface area contributed by atoms with Crippen molar-refractivity contribution in [2.45, 2.75) is 25.5 Å². The topological polar surface area (TPSA) is 83.5 Å². The van der Waals surface area contributed by atoms with Crippen molar-refractivity contribution in [3.05, 3.63) is 35.9 Å². The number of amides is 1. The largest absolute Gasteiger partial charge is 0.374 e. The summed E-state index contributed by atoms with van der Waals surface area (Å²) in [7, 11) is -3.05. The first-order chi connectivity index (χ1) is 10.3. The molecule has 0 aliphatic carbocycles. The highest BCUT2D eigenvalue weighted by Crippen LogP contribution is 2.11. The first kappa shape index (κ1) is 19.0. The lowest BCUT2D eigenvalue weighted by Crippen LogP contribution is -2.40. The molecule has 2 atom stereocenters. The number of thiol groups is 1. The first-order valence-corrected chi connectivity index (χ1v) is 9.82. The number of sulfone groups is 1. The zero-order valence-electron chi connectivity index (χ0n) is 12.6. The average Bonchev–Trinajstić information content (AvgIpc) is 2.44. The van der Waals surface area contributed by atoms with Crippen LogP contribution in [0.15, 0.2) is 30.3 Å². The molecule has 0 saturated heterocycles. The molecule has 0 aromatic heterocycles. The summed E-state index contributed by atoms with van der Waals surface area (Å²) in [6, 6.07) is 9.59. The van der Waals surface area contributed by atoms with E-state index in [4.69, 9.17) is 0 Å². The Labute approximate surface area is 137 Å². The Hall–Kier alpha value is -1.05. The lowest BCUT2D eigenvalue weighted by molar-refractivity contribution is -0.127. The molecule has 0 fully saturated rings. The molecule has 124 valence electrons. The summed E-state index contributed by atoms with van der Waals surface area (Å²) in [4.78, 5) is 12.1. The van der Waals surface area contributed by atoms with Crippen molar-refractivity contribution in [1.82, 2.24) is 5.32 Å². The monoisotopic (exact) mass is 345 g/mol. The van der Waals surface area contributed by atoms with Crippen molar-refractivity contribution in [2.24, 2.45) is 5.92 Å². The van der Waals surface area contributed by atoms with E-state index in [0.717, 1.165) is 11.8 Å². The van der Waals surface area contributed by atoms with Gasteiger partial charge in [-0.2, -0.15) is 12.6 Å². The van der Waals surface area contributed by atoms with E-state index in [1.807, 2.05) is 30.3 Å². The minimum absolute atomic E-state index is 0.0000572. The Morgan fingerprint density at radius 2 is 1.95 bits per heavy atom. The summed E-state index contributed by atoms with van der Waals surface area (Å²) >= 11 is 4.19. The van der Waals surface area contributed by atoms with Gasteiger partial charge in [0, 0.05) is 12.0 Å². The highest BCUT2D eigenvalue weighted by Gasteiger charge is 2.19. The number of benzene rings is 1. The molecule has 0 radical (unpaired) electrons. The predicted molar refractivity (Wildman–Crippen MR) is 90.6 cm³/mol. The maximum Gasteiger partial charge on any atom is 0.226 e. The quantitative estimate of drug-likeness (QED) is 0.461. The van der Waals surface area contributed by atoms with Crippen molar-refractivity contribution in [3.8, 4) is 0 Å². The molecule has 0 spiro atoms. The number of rotatable bonds is 9. The Kier molecular flexibility index (Phi) is 7.92. The predicted octanol–water partition coefficient (Wildman–Crippen LogP) is 1.03. The van der Waals surface area contributed by atoms with Gasteiger partial charge in [0.15, 0.2) is 0 Å². The number of aliphatic hydroxyl groups excluding tert-OH is 1. The standard InChI is InChI=1S/C15H23NO4S2/c1-22(19,20)9-5-8-14(17)16-15(18)13(11-21)10-12-6-3-2-4-7-12/h2-4,6-7,13-14,17,21H,5,8-11H2,1H3,(H,16,18). The van der Waals surface area contributed by atoms with Crippen LogP contribution in [0.25, 0.3) is 0 Å². The van der Waals surface area contributed by atoms with Crippen molar-refractivity contribution in [1.29, 1.82) is 0 Å². The third kappa shape index (κ3) is 7.82. The molecule has 5 nitrogen and oxygen atoms in total. The number of hydrogen-bond acceptors (Lipinski definition) is 5. The van der Waals surface area contributed by atoms with Crippen LogP contribution in [0.2, 0.25) is 0 Å². The van der Waals surface area contributed by atoms with Crippen LogP contribution in [-0.2, 0) is 21.1 Å². The molecule has 1 aromatic carbocycles. The van der Waals surface area contributed by atoms with Crippen LogP contribution in [0.1, 0.15) is 18.4 Å². The van der Waals surface area contributed by atoms with E-state index in [0.29, 0.717) is 18.6 Å². The van der Waals surface area contributed by atoms with E-state index in [1.54, 1.807) is 0 Å². The molecule has 22 heavy (non-hydrogen) atoms. The number of aliphatic hydroxyl groups is 1. The zero-order valence-corrected chi connectivity index (χ0v) is 14.3. The van der Waals surface area contributed by atoms with E-state index in [2.05, 4.69) is 17.9 Å². The molecule has 0 heterocycles. The minimum Gasteiger partial charge on any atom is -0.374 e. The smallest absolute Gasteiger partial charge is 0.226 e. The molecule has 0 aliphatic heterocycles. The fourth-order valence-corrected chi connectivity index (χ4v) is 3.02. The minimum atomic E-state index is -3.05. The summed E-state index contributed by atoms with van der Waals surface area (Å²) in [6.07, 6.45) is 1.18. The molecule has 7 heteroatoms. The molecule has 1 aromatic rings.